The molecule has 126 valence electrons. The molecule has 1 fully saturated rings. The Bertz CT molecular complexity index is 585. The summed E-state index contributed by atoms with van der Waals surface area (Å²) in [5.41, 5.74) is 0. The van der Waals surface area contributed by atoms with Crippen molar-refractivity contribution in [2.45, 2.75) is 19.8 Å². The number of ether oxygens (including phenoxy) is 2. The van der Waals surface area contributed by atoms with Crippen molar-refractivity contribution >= 4 is 46.9 Å². The number of nitrogens with zero attached hydrogens (tertiary/aromatic N) is 1. The van der Waals surface area contributed by atoms with E-state index in [-0.39, 0.29) is 22.3 Å². The van der Waals surface area contributed by atoms with E-state index in [1.165, 1.54) is 17.0 Å². The average Bonchev–Trinajstić information content (AvgIpc) is 2.51. The first-order chi connectivity index (χ1) is 10.9. The monoisotopic (exact) mass is 379 g/mol. The van der Waals surface area contributed by atoms with E-state index in [2.05, 4.69) is 0 Å². The molecule has 0 aliphatic carbocycles. The van der Waals surface area contributed by atoms with Crippen LogP contribution in [0.15, 0.2) is 12.1 Å². The molecule has 1 aliphatic rings. The number of hydrogen-bond donors (Lipinski definition) is 0. The van der Waals surface area contributed by atoms with Crippen LogP contribution in [0.3, 0.4) is 0 Å². The molecule has 1 heterocycles. The standard InChI is InChI=1S/C15H16Cl3NO4/c1-2-22-15(21)19-5-3-4-9(8-19)14(20)23-13-11(17)6-10(16)7-12(13)18/h6-7,9H,2-5,8H2,1H3. The number of esters is 1. The fourth-order valence-electron chi connectivity index (χ4n) is 2.36. The van der Waals surface area contributed by atoms with Gasteiger partial charge in [0.25, 0.3) is 0 Å². The molecule has 23 heavy (non-hydrogen) atoms. The summed E-state index contributed by atoms with van der Waals surface area (Å²) in [4.78, 5) is 25.6. The van der Waals surface area contributed by atoms with Gasteiger partial charge in [0.05, 0.1) is 22.6 Å². The number of hydrogen-bond acceptors (Lipinski definition) is 4. The predicted molar refractivity (Wildman–Crippen MR) is 88.4 cm³/mol. The number of rotatable bonds is 3. The van der Waals surface area contributed by atoms with E-state index in [1.807, 2.05) is 0 Å². The number of carbonyl (C=O) groups is 2. The molecule has 0 saturated carbocycles. The van der Waals surface area contributed by atoms with Gasteiger partial charge in [0, 0.05) is 18.1 Å². The molecule has 1 amide bonds. The largest absolute Gasteiger partial charge is 0.450 e. The molecule has 1 saturated heterocycles. The van der Waals surface area contributed by atoms with Crippen molar-refractivity contribution in [3.8, 4) is 5.75 Å². The van der Waals surface area contributed by atoms with E-state index in [1.54, 1.807) is 6.92 Å². The molecule has 1 atom stereocenters. The Labute approximate surface area is 149 Å². The second-order valence-electron chi connectivity index (χ2n) is 5.10. The highest BCUT2D eigenvalue weighted by Gasteiger charge is 2.31. The maximum atomic E-state index is 12.3. The van der Waals surface area contributed by atoms with E-state index < -0.39 is 18.0 Å². The number of likely N-dealkylation sites (tertiary alicyclic amines) is 1. The molecule has 0 aromatic heterocycles. The van der Waals surface area contributed by atoms with Crippen LogP contribution in [-0.4, -0.2) is 36.7 Å². The van der Waals surface area contributed by atoms with Crippen molar-refractivity contribution in [1.29, 1.82) is 0 Å². The van der Waals surface area contributed by atoms with E-state index in [4.69, 9.17) is 44.3 Å². The summed E-state index contributed by atoms with van der Waals surface area (Å²) in [6, 6.07) is 2.90. The van der Waals surface area contributed by atoms with Crippen molar-refractivity contribution in [3.05, 3.63) is 27.2 Å². The Morgan fingerprint density at radius 3 is 2.52 bits per heavy atom. The smallest absolute Gasteiger partial charge is 0.409 e. The van der Waals surface area contributed by atoms with Crippen molar-refractivity contribution < 1.29 is 19.1 Å². The molecule has 0 N–H and O–H groups in total. The molecule has 1 aromatic carbocycles. The third kappa shape index (κ3) is 4.66. The lowest BCUT2D eigenvalue weighted by Crippen LogP contribution is -2.43. The van der Waals surface area contributed by atoms with Crippen LogP contribution in [0.25, 0.3) is 0 Å². The normalized spacial score (nSPS) is 17.7. The topological polar surface area (TPSA) is 55.8 Å². The van der Waals surface area contributed by atoms with Gasteiger partial charge in [-0.1, -0.05) is 34.8 Å². The average molecular weight is 381 g/mol. The Morgan fingerprint density at radius 2 is 1.91 bits per heavy atom. The van der Waals surface area contributed by atoms with Crippen LogP contribution in [0.5, 0.6) is 5.75 Å². The molecule has 8 heteroatoms. The summed E-state index contributed by atoms with van der Waals surface area (Å²) in [6.45, 7) is 2.84. The lowest BCUT2D eigenvalue weighted by Gasteiger charge is -2.30. The lowest BCUT2D eigenvalue weighted by atomic mass is 9.98. The summed E-state index contributed by atoms with van der Waals surface area (Å²) < 4.78 is 10.3. The van der Waals surface area contributed by atoms with Gasteiger partial charge in [-0.15, -0.1) is 0 Å². The highest BCUT2D eigenvalue weighted by atomic mass is 35.5. The van der Waals surface area contributed by atoms with E-state index in [9.17, 15) is 9.59 Å². The minimum atomic E-state index is -0.481. The Hall–Kier alpha value is -1.17. The van der Waals surface area contributed by atoms with Gasteiger partial charge in [-0.05, 0) is 31.9 Å². The number of carbonyl (C=O) groups excluding carboxylic acids is 2. The maximum Gasteiger partial charge on any atom is 0.409 e. The molecule has 1 unspecified atom stereocenters. The number of amides is 1. The fourth-order valence-corrected chi connectivity index (χ4v) is 3.25. The second-order valence-corrected chi connectivity index (χ2v) is 6.35. The zero-order valence-electron chi connectivity index (χ0n) is 12.5. The van der Waals surface area contributed by atoms with Gasteiger partial charge in [0.2, 0.25) is 0 Å². The predicted octanol–water partition coefficient (Wildman–Crippen LogP) is 4.42. The summed E-state index contributed by atoms with van der Waals surface area (Å²) in [6.07, 6.45) is 0.894. The Kier molecular flexibility index (Phi) is 6.39. The number of piperidine rings is 1. The molecule has 5 nitrogen and oxygen atoms in total. The third-order valence-corrected chi connectivity index (χ3v) is 4.23. The molecule has 1 aliphatic heterocycles. The van der Waals surface area contributed by atoms with Crippen molar-refractivity contribution in [2.75, 3.05) is 19.7 Å². The van der Waals surface area contributed by atoms with Crippen molar-refractivity contribution in [1.82, 2.24) is 4.90 Å². The van der Waals surface area contributed by atoms with Crippen LogP contribution < -0.4 is 4.74 Å². The number of halogens is 3. The van der Waals surface area contributed by atoms with Gasteiger partial charge in [0.15, 0.2) is 5.75 Å². The minimum Gasteiger partial charge on any atom is -0.450 e. The summed E-state index contributed by atoms with van der Waals surface area (Å²) in [5, 5.41) is 0.675. The molecule has 0 spiro atoms. The quantitative estimate of drug-likeness (QED) is 0.575. The number of benzene rings is 1. The first-order valence-corrected chi connectivity index (χ1v) is 8.33. The highest BCUT2D eigenvalue weighted by molar-refractivity contribution is 6.40. The zero-order chi connectivity index (χ0) is 17.0. The molecule has 1 aromatic rings. The van der Waals surface area contributed by atoms with E-state index in [0.29, 0.717) is 31.0 Å². The molecular weight excluding hydrogens is 365 g/mol. The van der Waals surface area contributed by atoms with Crippen LogP contribution in [-0.2, 0) is 9.53 Å². The van der Waals surface area contributed by atoms with Crippen molar-refractivity contribution in [2.24, 2.45) is 5.92 Å². The van der Waals surface area contributed by atoms with E-state index in [0.717, 1.165) is 0 Å². The summed E-state index contributed by atoms with van der Waals surface area (Å²) >= 11 is 17.8. The fraction of sp³-hybridized carbons (Fsp3) is 0.467. The first kappa shape index (κ1) is 18.2. The highest BCUT2D eigenvalue weighted by Crippen LogP contribution is 2.36. The lowest BCUT2D eigenvalue weighted by molar-refractivity contribution is -0.140. The van der Waals surface area contributed by atoms with E-state index >= 15 is 0 Å². The molecular formula is C15H16Cl3NO4. The van der Waals surface area contributed by atoms with Crippen LogP contribution >= 0.6 is 34.8 Å². The van der Waals surface area contributed by atoms with Crippen LogP contribution in [0.2, 0.25) is 15.1 Å². The Morgan fingerprint density at radius 1 is 1.26 bits per heavy atom. The molecule has 0 bridgehead atoms. The zero-order valence-corrected chi connectivity index (χ0v) is 14.7. The van der Waals surface area contributed by atoms with Gasteiger partial charge in [-0.2, -0.15) is 0 Å². The van der Waals surface area contributed by atoms with Crippen LogP contribution in [0.4, 0.5) is 4.79 Å². The first-order valence-electron chi connectivity index (χ1n) is 7.20. The van der Waals surface area contributed by atoms with Crippen LogP contribution in [0.1, 0.15) is 19.8 Å². The second kappa shape index (κ2) is 8.08. The Balaban J connectivity index is 2.05. The third-order valence-electron chi connectivity index (χ3n) is 3.45. The summed E-state index contributed by atoms with van der Waals surface area (Å²) in [5.74, 6) is -0.850. The summed E-state index contributed by atoms with van der Waals surface area (Å²) in [7, 11) is 0. The van der Waals surface area contributed by atoms with Gasteiger partial charge in [-0.25, -0.2) is 4.79 Å². The van der Waals surface area contributed by atoms with Gasteiger partial charge in [0.1, 0.15) is 0 Å². The van der Waals surface area contributed by atoms with Gasteiger partial charge in [-0.3, -0.25) is 4.79 Å². The SMILES string of the molecule is CCOC(=O)N1CCCC(C(=O)Oc2c(Cl)cc(Cl)cc2Cl)C1. The maximum absolute atomic E-state index is 12.3. The van der Waals surface area contributed by atoms with Gasteiger partial charge >= 0.3 is 12.1 Å². The molecule has 0 radical (unpaired) electrons. The molecule has 2 rings (SSSR count). The van der Waals surface area contributed by atoms with Gasteiger partial charge < -0.3 is 14.4 Å². The minimum absolute atomic E-state index is 0.0796. The van der Waals surface area contributed by atoms with Crippen molar-refractivity contribution in [3.63, 3.8) is 0 Å². The van der Waals surface area contributed by atoms with Crippen LogP contribution in [0, 0.1) is 5.92 Å².